The van der Waals surface area contributed by atoms with Gasteiger partial charge in [0.05, 0.1) is 12.8 Å². The van der Waals surface area contributed by atoms with E-state index in [9.17, 15) is 14.4 Å². The number of Topliss-reactive ketones (excluding diaryl/α,β-unsaturated/α-hetero) is 1. The minimum absolute atomic E-state index is 0.0156. The molecule has 7 nitrogen and oxygen atoms in total. The molecule has 0 aliphatic rings. The Labute approximate surface area is 154 Å². The molecule has 0 spiro atoms. The lowest BCUT2D eigenvalue weighted by molar-refractivity contribution is -0.158. The number of carbonyl (C=O) groups is 3. The Balaban J connectivity index is 0.000000735. The average Bonchev–Trinajstić information content (AvgIpc) is 2.57. The van der Waals surface area contributed by atoms with E-state index < -0.39 is 29.3 Å². The van der Waals surface area contributed by atoms with Crippen LogP contribution in [0.5, 0.6) is 0 Å². The second kappa shape index (κ2) is 11.9. The Morgan fingerprint density at radius 3 is 2.19 bits per heavy atom. The van der Waals surface area contributed by atoms with Gasteiger partial charge < -0.3 is 21.2 Å². The summed E-state index contributed by atoms with van der Waals surface area (Å²) in [5.41, 5.74) is 5.80. The third-order valence-electron chi connectivity index (χ3n) is 2.99. The number of nitrogens with one attached hydrogen (secondary N) is 2. The number of benzene rings is 1. The van der Waals surface area contributed by atoms with Crippen LogP contribution in [0.3, 0.4) is 0 Å². The Hall–Kier alpha value is -2.54. The lowest BCUT2D eigenvalue weighted by Crippen LogP contribution is -2.46. The van der Waals surface area contributed by atoms with Crippen LogP contribution in [0, 0.1) is 12.3 Å². The van der Waals surface area contributed by atoms with E-state index in [2.05, 4.69) is 24.4 Å². The van der Waals surface area contributed by atoms with Crippen LogP contribution in [-0.4, -0.2) is 42.1 Å². The maximum absolute atomic E-state index is 11.9. The molecule has 1 unspecified atom stereocenters. The largest absolute Gasteiger partial charge is 0.458 e. The molecular weight excluding hydrogens is 334 g/mol. The van der Waals surface area contributed by atoms with Crippen molar-refractivity contribution in [3.05, 3.63) is 35.9 Å². The topological polar surface area (TPSA) is 122 Å². The molecule has 4 N–H and O–H groups in total. The first-order valence-electron chi connectivity index (χ1n) is 8.36. The molecule has 0 aliphatic carbocycles. The molecule has 0 saturated heterocycles. The normalized spacial score (nSPS) is 11.4. The van der Waals surface area contributed by atoms with Gasteiger partial charge in [-0.15, -0.1) is 0 Å². The fourth-order valence-corrected chi connectivity index (χ4v) is 1.77. The third-order valence-corrected chi connectivity index (χ3v) is 2.99. The fraction of sp³-hybridized carbons (Fsp3) is 0.474. The van der Waals surface area contributed by atoms with Crippen LogP contribution >= 0.6 is 0 Å². The number of carbonyl (C=O) groups excluding carboxylic acids is 3. The van der Waals surface area contributed by atoms with Crippen molar-refractivity contribution in [2.45, 2.75) is 52.2 Å². The number of ether oxygens (including phenoxy) is 1. The number of nitrogens with two attached hydrogens (primary N) is 1. The summed E-state index contributed by atoms with van der Waals surface area (Å²) in [4.78, 5) is 34.1. The monoisotopic (exact) mass is 363 g/mol. The molecule has 0 fully saturated rings. The van der Waals surface area contributed by atoms with E-state index in [-0.39, 0.29) is 19.4 Å². The van der Waals surface area contributed by atoms with Crippen LogP contribution in [0.25, 0.3) is 0 Å². The summed E-state index contributed by atoms with van der Waals surface area (Å²) < 4.78 is 5.15. The molecule has 1 rings (SSSR count). The zero-order valence-electron chi connectivity index (χ0n) is 15.9. The number of amides is 1. The third kappa shape index (κ3) is 11.9. The Kier molecular flexibility index (Phi) is 10.8. The van der Waals surface area contributed by atoms with Gasteiger partial charge in [-0.2, -0.15) is 0 Å². The second-order valence-corrected chi connectivity index (χ2v) is 6.66. The first-order chi connectivity index (χ1) is 12.1. The molecule has 0 saturated carbocycles. The molecule has 0 aromatic heterocycles. The predicted molar refractivity (Wildman–Crippen MR) is 101 cm³/mol. The van der Waals surface area contributed by atoms with Crippen molar-refractivity contribution in [2.75, 3.05) is 6.54 Å². The molecule has 0 radical (unpaired) electrons. The number of ketones is 1. The molecule has 1 aromatic rings. The molecule has 1 amide bonds. The average molecular weight is 363 g/mol. The van der Waals surface area contributed by atoms with Crippen molar-refractivity contribution >= 4 is 23.9 Å². The second-order valence-electron chi connectivity index (χ2n) is 6.66. The summed E-state index contributed by atoms with van der Waals surface area (Å²) in [5, 5.41) is 9.19. The van der Waals surface area contributed by atoms with Gasteiger partial charge in [-0.1, -0.05) is 35.9 Å². The van der Waals surface area contributed by atoms with Crippen LogP contribution in [0.1, 0.15) is 39.2 Å². The van der Waals surface area contributed by atoms with Gasteiger partial charge in [-0.05, 0) is 34.1 Å². The molecule has 26 heavy (non-hydrogen) atoms. The summed E-state index contributed by atoms with van der Waals surface area (Å²) in [7, 11) is 0. The van der Waals surface area contributed by atoms with Gasteiger partial charge in [0.2, 0.25) is 5.91 Å². The zero-order chi connectivity index (χ0) is 20.2. The van der Waals surface area contributed by atoms with Crippen molar-refractivity contribution in [3.63, 3.8) is 0 Å². The zero-order valence-corrected chi connectivity index (χ0v) is 15.9. The molecule has 1 aromatic carbocycles. The van der Waals surface area contributed by atoms with Crippen molar-refractivity contribution in [2.24, 2.45) is 5.73 Å². The number of hydrogen-bond acceptors (Lipinski definition) is 6. The highest BCUT2D eigenvalue weighted by atomic mass is 16.6. The van der Waals surface area contributed by atoms with Gasteiger partial charge >= 0.3 is 5.97 Å². The number of esters is 1. The minimum atomic E-state index is -0.931. The maximum atomic E-state index is 11.9. The van der Waals surface area contributed by atoms with Crippen LogP contribution in [0.4, 0.5) is 0 Å². The van der Waals surface area contributed by atoms with Crippen LogP contribution in [0.2, 0.25) is 0 Å². The van der Waals surface area contributed by atoms with Gasteiger partial charge in [0.15, 0.2) is 5.78 Å². The number of rotatable bonds is 7. The lowest BCUT2D eigenvalue weighted by atomic mass is 10.1. The molecule has 1 atom stereocenters. The molecule has 144 valence electrons. The highest BCUT2D eigenvalue weighted by Crippen LogP contribution is 2.10. The number of aryl methyl sites for hydroxylation is 1. The molecular formula is C19H29N3O4. The molecule has 0 bridgehead atoms. The van der Waals surface area contributed by atoms with E-state index in [1.165, 1.54) is 5.56 Å². The van der Waals surface area contributed by atoms with E-state index in [1.807, 2.05) is 18.2 Å². The quantitative estimate of drug-likeness (QED) is 0.503. The summed E-state index contributed by atoms with van der Waals surface area (Å²) >= 11 is 0. The Morgan fingerprint density at radius 2 is 1.81 bits per heavy atom. The molecule has 0 aliphatic heterocycles. The number of hydrogen-bond donors (Lipinski definition) is 3. The highest BCUT2D eigenvalue weighted by Gasteiger charge is 2.26. The first-order valence-corrected chi connectivity index (χ1v) is 8.36. The Morgan fingerprint density at radius 1 is 1.23 bits per heavy atom. The predicted octanol–water partition coefficient (Wildman–Crippen LogP) is 1.77. The summed E-state index contributed by atoms with van der Waals surface area (Å²) in [5.74, 6) is -1.54. The highest BCUT2D eigenvalue weighted by molar-refractivity contribution is 6.26. The van der Waals surface area contributed by atoms with Gasteiger partial charge in [-0.25, -0.2) is 4.79 Å². The standard InChI is InChI=1S/C12H21N3O4.C7H8/c1-12(2,3)19-11(18)9(15-10(17)7-14)5-4-8(16)6-13;1-7-5-3-2-4-6-7/h6,9,13H,4-5,7,14H2,1-3H3,(H,15,17);2-6H,1H3. The minimum Gasteiger partial charge on any atom is -0.458 e. The summed E-state index contributed by atoms with van der Waals surface area (Å²) in [6, 6.07) is 9.33. The van der Waals surface area contributed by atoms with E-state index in [1.54, 1.807) is 20.8 Å². The molecule has 0 heterocycles. The lowest BCUT2D eigenvalue weighted by Gasteiger charge is -2.24. The van der Waals surface area contributed by atoms with Gasteiger partial charge in [0.1, 0.15) is 11.6 Å². The first kappa shape index (κ1) is 23.5. The van der Waals surface area contributed by atoms with E-state index in [0.29, 0.717) is 6.21 Å². The fourth-order valence-electron chi connectivity index (χ4n) is 1.77. The van der Waals surface area contributed by atoms with Crippen LogP contribution in [0.15, 0.2) is 30.3 Å². The van der Waals surface area contributed by atoms with Gasteiger partial charge in [0, 0.05) is 6.42 Å². The summed E-state index contributed by atoms with van der Waals surface area (Å²) in [6.07, 6.45) is 0.740. The van der Waals surface area contributed by atoms with E-state index in [0.717, 1.165) is 0 Å². The summed E-state index contributed by atoms with van der Waals surface area (Å²) in [6.45, 7) is 6.94. The van der Waals surface area contributed by atoms with Crippen molar-refractivity contribution < 1.29 is 19.1 Å². The smallest absolute Gasteiger partial charge is 0.329 e. The van der Waals surface area contributed by atoms with Crippen molar-refractivity contribution in [1.29, 1.82) is 5.41 Å². The maximum Gasteiger partial charge on any atom is 0.329 e. The van der Waals surface area contributed by atoms with E-state index in [4.69, 9.17) is 15.9 Å². The van der Waals surface area contributed by atoms with E-state index >= 15 is 0 Å². The Bertz CT molecular complexity index is 595. The van der Waals surface area contributed by atoms with Crippen LogP contribution in [-0.2, 0) is 19.1 Å². The van der Waals surface area contributed by atoms with Crippen molar-refractivity contribution in [3.8, 4) is 0 Å². The van der Waals surface area contributed by atoms with Gasteiger partial charge in [-0.3, -0.25) is 9.59 Å². The van der Waals surface area contributed by atoms with Crippen molar-refractivity contribution in [1.82, 2.24) is 5.32 Å². The SMILES string of the molecule is CC(C)(C)OC(=O)C(CCC(=O)C=N)NC(=O)CN.Cc1ccccc1. The van der Waals surface area contributed by atoms with Gasteiger partial charge in [0.25, 0.3) is 0 Å². The molecule has 7 heteroatoms. The van der Waals surface area contributed by atoms with Crippen LogP contribution < -0.4 is 11.1 Å².